The predicted octanol–water partition coefficient (Wildman–Crippen LogP) is 8.45. The highest BCUT2D eigenvalue weighted by atomic mass is 19.4. The predicted molar refractivity (Wildman–Crippen MR) is 164 cm³/mol. The number of rotatable bonds is 9. The molecule has 0 saturated carbocycles. The number of likely N-dealkylation sites (N-methyl/N-ethyl adjacent to an activating group) is 1. The summed E-state index contributed by atoms with van der Waals surface area (Å²) in [6, 6.07) is 21.1. The fraction of sp³-hybridized carbons (Fsp3) is 0.257. The summed E-state index contributed by atoms with van der Waals surface area (Å²) >= 11 is 0. The number of amides is 2. The van der Waals surface area contributed by atoms with E-state index in [0.717, 1.165) is 43.4 Å². The lowest BCUT2D eigenvalue weighted by molar-refractivity contribution is -0.143. The summed E-state index contributed by atoms with van der Waals surface area (Å²) < 4.78 is 81.3. The van der Waals surface area contributed by atoms with Gasteiger partial charge in [-0.2, -0.15) is 26.3 Å². The van der Waals surface area contributed by atoms with Gasteiger partial charge in [-0.3, -0.25) is 9.59 Å². The molecule has 0 fully saturated rings. The van der Waals surface area contributed by atoms with Gasteiger partial charge in [0, 0.05) is 48.2 Å². The Morgan fingerprint density at radius 2 is 1.43 bits per heavy atom. The third-order valence-corrected chi connectivity index (χ3v) is 8.23. The number of H-pyrrole nitrogens is 1. The maximum Gasteiger partial charge on any atom is 0.416 e. The number of nitrogens with one attached hydrogen (secondary N) is 2. The molecule has 5 nitrogen and oxygen atoms in total. The number of hydrogen-bond donors (Lipinski definition) is 2. The summed E-state index contributed by atoms with van der Waals surface area (Å²) in [6.07, 6.45) is -9.92. The molecule has 1 heterocycles. The van der Waals surface area contributed by atoms with E-state index in [1.807, 2.05) is 73.7 Å². The Kier molecular flexibility index (Phi) is 9.14. The number of alkyl halides is 6. The van der Waals surface area contributed by atoms with Gasteiger partial charge in [-0.1, -0.05) is 60.7 Å². The van der Waals surface area contributed by atoms with E-state index in [4.69, 9.17) is 0 Å². The molecule has 5 rings (SSSR count). The SMILES string of the molecule is Cc1[nH]c2ccccc2c1CC(CCC(=O)NCc1cccc2ccccc12)N(C)C(=O)c1cc(C(F)(F)F)cc(C(F)(F)F)c1. The van der Waals surface area contributed by atoms with Gasteiger partial charge in [0.1, 0.15) is 0 Å². The molecule has 4 aromatic carbocycles. The number of aromatic nitrogens is 1. The summed E-state index contributed by atoms with van der Waals surface area (Å²) in [5.74, 6) is -1.33. The van der Waals surface area contributed by atoms with Crippen LogP contribution in [0.25, 0.3) is 21.7 Å². The molecule has 2 N–H and O–H groups in total. The lowest BCUT2D eigenvalue weighted by atomic mass is 9.96. The van der Waals surface area contributed by atoms with E-state index in [-0.39, 0.29) is 37.8 Å². The minimum absolute atomic E-state index is 0.0101. The molecule has 0 aliphatic rings. The quantitative estimate of drug-likeness (QED) is 0.159. The second-order valence-corrected chi connectivity index (χ2v) is 11.3. The van der Waals surface area contributed by atoms with Crippen LogP contribution in [0.15, 0.2) is 84.9 Å². The highest BCUT2D eigenvalue weighted by Crippen LogP contribution is 2.37. The van der Waals surface area contributed by atoms with Crippen LogP contribution in [0, 0.1) is 6.92 Å². The molecule has 0 bridgehead atoms. The van der Waals surface area contributed by atoms with Gasteiger partial charge in [0.05, 0.1) is 11.1 Å². The number of para-hydroxylation sites is 1. The zero-order valence-corrected chi connectivity index (χ0v) is 25.0. The van der Waals surface area contributed by atoms with Crippen LogP contribution < -0.4 is 5.32 Å². The minimum Gasteiger partial charge on any atom is -0.358 e. The fourth-order valence-electron chi connectivity index (χ4n) is 5.74. The van der Waals surface area contributed by atoms with Crippen LogP contribution in [0.1, 0.15) is 51.1 Å². The third kappa shape index (κ3) is 7.19. The van der Waals surface area contributed by atoms with E-state index < -0.39 is 41.0 Å². The van der Waals surface area contributed by atoms with Crippen molar-refractivity contribution in [3.63, 3.8) is 0 Å². The Balaban J connectivity index is 1.41. The molecule has 1 atom stereocenters. The molecule has 11 heteroatoms. The summed E-state index contributed by atoms with van der Waals surface area (Å²) in [5.41, 5.74) is -0.516. The first kappa shape index (κ1) is 32.6. The van der Waals surface area contributed by atoms with Crippen molar-refractivity contribution in [1.29, 1.82) is 0 Å². The number of nitrogens with zero attached hydrogens (tertiary/aromatic N) is 1. The second kappa shape index (κ2) is 12.9. The molecule has 0 aliphatic carbocycles. The Morgan fingerprint density at radius 1 is 0.826 bits per heavy atom. The number of halogens is 6. The van der Waals surface area contributed by atoms with E-state index in [1.165, 1.54) is 7.05 Å². The number of benzene rings is 4. The molecular formula is C35H31F6N3O2. The maximum absolute atomic E-state index is 13.6. The molecular weight excluding hydrogens is 608 g/mol. The standard InChI is InChI=1S/C35H31F6N3O2/c1-21-30(29-12-5-6-13-31(29)43-21)19-27(14-15-32(45)42-20-23-10-7-9-22-8-3-4-11-28(22)23)44(2)33(46)24-16-25(34(36,37)38)18-26(17-24)35(39,40)41/h3-13,16-18,27,43H,14-15,19-20H2,1-2H3,(H,42,45). The first-order valence-electron chi connectivity index (χ1n) is 14.6. The molecule has 46 heavy (non-hydrogen) atoms. The molecule has 0 radical (unpaired) electrons. The summed E-state index contributed by atoms with van der Waals surface area (Å²) in [6.45, 7) is 2.10. The van der Waals surface area contributed by atoms with Crippen molar-refractivity contribution < 1.29 is 35.9 Å². The zero-order valence-electron chi connectivity index (χ0n) is 25.0. The molecule has 1 unspecified atom stereocenters. The van der Waals surface area contributed by atoms with Gasteiger partial charge in [0.25, 0.3) is 5.91 Å². The van der Waals surface area contributed by atoms with Gasteiger partial charge >= 0.3 is 12.4 Å². The average Bonchev–Trinajstić information content (AvgIpc) is 3.34. The molecule has 1 aromatic heterocycles. The van der Waals surface area contributed by atoms with Crippen molar-refractivity contribution in [1.82, 2.24) is 15.2 Å². The van der Waals surface area contributed by atoms with Crippen molar-refractivity contribution in [2.45, 2.75) is 51.1 Å². The third-order valence-electron chi connectivity index (χ3n) is 8.23. The van der Waals surface area contributed by atoms with Gasteiger partial charge in [-0.15, -0.1) is 0 Å². The van der Waals surface area contributed by atoms with Crippen molar-refractivity contribution in [2.24, 2.45) is 0 Å². The van der Waals surface area contributed by atoms with Crippen molar-refractivity contribution in [3.8, 4) is 0 Å². The monoisotopic (exact) mass is 639 g/mol. The van der Waals surface area contributed by atoms with Crippen molar-refractivity contribution in [2.75, 3.05) is 7.05 Å². The largest absolute Gasteiger partial charge is 0.416 e. The fourth-order valence-corrected chi connectivity index (χ4v) is 5.74. The number of carbonyl (C=O) groups is 2. The number of hydrogen-bond acceptors (Lipinski definition) is 2. The first-order valence-corrected chi connectivity index (χ1v) is 14.6. The topological polar surface area (TPSA) is 65.2 Å². The maximum atomic E-state index is 13.6. The van der Waals surface area contributed by atoms with Crippen LogP contribution in [0.4, 0.5) is 26.3 Å². The van der Waals surface area contributed by atoms with Gasteiger partial charge in [-0.05, 0) is 65.9 Å². The number of aryl methyl sites for hydroxylation is 1. The van der Waals surface area contributed by atoms with E-state index in [2.05, 4.69) is 10.3 Å². The van der Waals surface area contributed by atoms with Gasteiger partial charge in [0.2, 0.25) is 5.91 Å². The van der Waals surface area contributed by atoms with Crippen LogP contribution >= 0.6 is 0 Å². The Labute approximate surface area is 261 Å². The Bertz CT molecular complexity index is 1860. The number of fused-ring (bicyclic) bond motifs is 2. The van der Waals surface area contributed by atoms with E-state index in [9.17, 15) is 35.9 Å². The summed E-state index contributed by atoms with van der Waals surface area (Å²) in [4.78, 5) is 31.0. The second-order valence-electron chi connectivity index (χ2n) is 11.3. The Hall–Kier alpha value is -4.80. The lowest BCUT2D eigenvalue weighted by Gasteiger charge is -2.29. The normalized spacial score (nSPS) is 12.8. The van der Waals surface area contributed by atoms with Crippen LogP contribution in [-0.4, -0.2) is 34.8 Å². The summed E-state index contributed by atoms with van der Waals surface area (Å²) in [5, 5.41) is 5.77. The highest BCUT2D eigenvalue weighted by molar-refractivity contribution is 5.95. The molecule has 0 spiro atoms. The lowest BCUT2D eigenvalue weighted by Crippen LogP contribution is -2.40. The Morgan fingerprint density at radius 3 is 2.11 bits per heavy atom. The highest BCUT2D eigenvalue weighted by Gasteiger charge is 2.38. The van der Waals surface area contributed by atoms with Crippen molar-refractivity contribution >= 4 is 33.5 Å². The smallest absolute Gasteiger partial charge is 0.358 e. The number of aromatic amines is 1. The number of carbonyl (C=O) groups excluding carboxylic acids is 2. The summed E-state index contributed by atoms with van der Waals surface area (Å²) in [7, 11) is 1.33. The zero-order chi connectivity index (χ0) is 33.2. The molecule has 5 aromatic rings. The van der Waals surface area contributed by atoms with Gasteiger partial charge < -0.3 is 15.2 Å². The van der Waals surface area contributed by atoms with Gasteiger partial charge in [0.15, 0.2) is 0 Å². The molecule has 2 amide bonds. The average molecular weight is 640 g/mol. The van der Waals surface area contributed by atoms with Crippen LogP contribution in [0.3, 0.4) is 0 Å². The van der Waals surface area contributed by atoms with E-state index in [0.29, 0.717) is 12.1 Å². The van der Waals surface area contributed by atoms with Crippen molar-refractivity contribution in [3.05, 3.63) is 118 Å². The molecule has 240 valence electrons. The van der Waals surface area contributed by atoms with E-state index >= 15 is 0 Å². The first-order chi connectivity index (χ1) is 21.7. The van der Waals surface area contributed by atoms with Gasteiger partial charge in [-0.25, -0.2) is 0 Å². The van der Waals surface area contributed by atoms with Crippen LogP contribution in [0.5, 0.6) is 0 Å². The minimum atomic E-state index is -5.10. The molecule has 0 saturated heterocycles. The van der Waals surface area contributed by atoms with Crippen LogP contribution in [0.2, 0.25) is 0 Å². The molecule has 0 aliphatic heterocycles. The van der Waals surface area contributed by atoms with E-state index in [1.54, 1.807) is 0 Å². The van der Waals surface area contributed by atoms with Crippen LogP contribution in [-0.2, 0) is 30.1 Å².